The molecule has 4 heteroatoms. The first-order valence-electron chi connectivity index (χ1n) is 5.35. The highest BCUT2D eigenvalue weighted by atomic mass is 16.3. The van der Waals surface area contributed by atoms with Gasteiger partial charge >= 0.3 is 0 Å². The van der Waals surface area contributed by atoms with Gasteiger partial charge < -0.3 is 15.7 Å². The third-order valence-corrected chi connectivity index (χ3v) is 2.67. The van der Waals surface area contributed by atoms with E-state index in [0.29, 0.717) is 12.6 Å². The second-order valence-corrected chi connectivity index (χ2v) is 3.88. The molecule has 1 amide bonds. The highest BCUT2D eigenvalue weighted by Gasteiger charge is 2.24. The fourth-order valence-corrected chi connectivity index (χ4v) is 2.06. The molecule has 0 radical (unpaired) electrons. The molecule has 1 rings (SSSR count). The molecule has 0 spiro atoms. The summed E-state index contributed by atoms with van der Waals surface area (Å²) in [4.78, 5) is 10.9. The van der Waals surface area contributed by atoms with Gasteiger partial charge in [-0.1, -0.05) is 12.8 Å². The number of carbonyl (C=O) groups excluding carboxylic acids is 1. The Kier molecular flexibility index (Phi) is 4.90. The van der Waals surface area contributed by atoms with Gasteiger partial charge in [0.1, 0.15) is 0 Å². The van der Waals surface area contributed by atoms with Crippen LogP contribution < -0.4 is 10.6 Å². The molecule has 0 aliphatic heterocycles. The zero-order valence-corrected chi connectivity index (χ0v) is 8.75. The lowest BCUT2D eigenvalue weighted by atomic mass is 9.90. The van der Waals surface area contributed by atoms with Crippen LogP contribution in [0.25, 0.3) is 0 Å². The van der Waals surface area contributed by atoms with Crippen LogP contribution in [-0.2, 0) is 4.79 Å². The maximum Gasteiger partial charge on any atom is 0.217 e. The van der Waals surface area contributed by atoms with Crippen LogP contribution in [0.2, 0.25) is 0 Å². The predicted octanol–water partition coefficient (Wildman–Crippen LogP) is 0.0156. The Labute approximate surface area is 85.1 Å². The van der Waals surface area contributed by atoms with E-state index in [1.165, 1.54) is 12.8 Å². The molecule has 14 heavy (non-hydrogen) atoms. The summed E-state index contributed by atoms with van der Waals surface area (Å²) >= 11 is 0. The second-order valence-electron chi connectivity index (χ2n) is 3.88. The van der Waals surface area contributed by atoms with Crippen molar-refractivity contribution >= 4 is 5.91 Å². The molecule has 1 aliphatic carbocycles. The molecule has 0 aromatic heterocycles. The van der Waals surface area contributed by atoms with Crippen molar-refractivity contribution in [1.29, 1.82) is 0 Å². The third kappa shape index (κ3) is 3.64. The second kappa shape index (κ2) is 5.98. The molecule has 82 valence electrons. The van der Waals surface area contributed by atoms with E-state index in [4.69, 9.17) is 5.11 Å². The Morgan fingerprint density at radius 1 is 1.36 bits per heavy atom. The Hall–Kier alpha value is -0.610. The normalized spacial score (nSPS) is 27.3. The number of carbonyl (C=O) groups is 1. The topological polar surface area (TPSA) is 61.4 Å². The van der Waals surface area contributed by atoms with Gasteiger partial charge in [0.05, 0.1) is 6.61 Å². The van der Waals surface area contributed by atoms with Gasteiger partial charge in [0.2, 0.25) is 5.91 Å². The molecule has 4 nitrogen and oxygen atoms in total. The number of amides is 1. The molecule has 0 saturated heterocycles. The van der Waals surface area contributed by atoms with Gasteiger partial charge in [-0.25, -0.2) is 0 Å². The van der Waals surface area contributed by atoms with Crippen LogP contribution in [0.1, 0.15) is 32.6 Å². The first kappa shape index (κ1) is 11.5. The summed E-state index contributed by atoms with van der Waals surface area (Å²) in [6.07, 6.45) is 4.52. The van der Waals surface area contributed by atoms with Crippen molar-refractivity contribution < 1.29 is 9.90 Å². The quantitative estimate of drug-likeness (QED) is 0.599. The van der Waals surface area contributed by atoms with Crippen LogP contribution in [0.5, 0.6) is 0 Å². The summed E-state index contributed by atoms with van der Waals surface area (Å²) in [5, 5.41) is 14.9. The van der Waals surface area contributed by atoms with E-state index in [0.717, 1.165) is 12.8 Å². The fourth-order valence-electron chi connectivity index (χ4n) is 2.06. The van der Waals surface area contributed by atoms with Gasteiger partial charge in [-0.3, -0.25) is 4.79 Å². The van der Waals surface area contributed by atoms with Crippen molar-refractivity contribution in [3.05, 3.63) is 0 Å². The smallest absolute Gasteiger partial charge is 0.217 e. The standard InChI is InChI=1S/C10H20N2O2/c1-8(14)12-10-5-3-2-4-9(10)11-6-7-13/h9-11,13H,2-7H2,1H3,(H,12,14)/t9-,10-/m0/s1. The van der Waals surface area contributed by atoms with Crippen LogP contribution in [0, 0.1) is 0 Å². The van der Waals surface area contributed by atoms with Gasteiger partial charge in [-0.2, -0.15) is 0 Å². The molecule has 0 aromatic carbocycles. The molecule has 2 atom stereocenters. The SMILES string of the molecule is CC(=O)N[C@H]1CCCC[C@@H]1NCCO. The highest BCUT2D eigenvalue weighted by Crippen LogP contribution is 2.18. The van der Waals surface area contributed by atoms with E-state index in [2.05, 4.69) is 10.6 Å². The van der Waals surface area contributed by atoms with Crippen molar-refractivity contribution in [1.82, 2.24) is 10.6 Å². The molecule has 0 bridgehead atoms. The monoisotopic (exact) mass is 200 g/mol. The summed E-state index contributed by atoms with van der Waals surface area (Å²) in [5.41, 5.74) is 0. The van der Waals surface area contributed by atoms with Gasteiger partial charge in [0.25, 0.3) is 0 Å². The van der Waals surface area contributed by atoms with Crippen LogP contribution >= 0.6 is 0 Å². The predicted molar refractivity (Wildman–Crippen MR) is 54.9 cm³/mol. The Morgan fingerprint density at radius 3 is 2.57 bits per heavy atom. The van der Waals surface area contributed by atoms with Crippen LogP contribution in [0.4, 0.5) is 0 Å². The molecular formula is C10H20N2O2. The van der Waals surface area contributed by atoms with E-state index >= 15 is 0 Å². The summed E-state index contributed by atoms with van der Waals surface area (Å²) in [6.45, 7) is 2.32. The van der Waals surface area contributed by atoms with Crippen molar-refractivity contribution in [3.8, 4) is 0 Å². The Morgan fingerprint density at radius 2 is 2.00 bits per heavy atom. The molecule has 0 aromatic rings. The number of aliphatic hydroxyl groups excluding tert-OH is 1. The van der Waals surface area contributed by atoms with Crippen molar-refractivity contribution in [2.24, 2.45) is 0 Å². The fraction of sp³-hybridized carbons (Fsp3) is 0.900. The molecule has 1 fully saturated rings. The first-order valence-corrected chi connectivity index (χ1v) is 5.35. The minimum Gasteiger partial charge on any atom is -0.395 e. The van der Waals surface area contributed by atoms with Crippen molar-refractivity contribution in [2.45, 2.75) is 44.7 Å². The summed E-state index contributed by atoms with van der Waals surface area (Å²) in [5.74, 6) is 0.0349. The van der Waals surface area contributed by atoms with Gasteiger partial charge in [-0.05, 0) is 12.8 Å². The molecular weight excluding hydrogens is 180 g/mol. The van der Waals surface area contributed by atoms with E-state index < -0.39 is 0 Å². The van der Waals surface area contributed by atoms with Crippen LogP contribution in [-0.4, -0.2) is 36.2 Å². The summed E-state index contributed by atoms with van der Waals surface area (Å²) < 4.78 is 0. The zero-order chi connectivity index (χ0) is 10.4. The number of nitrogens with one attached hydrogen (secondary N) is 2. The highest BCUT2D eigenvalue weighted by molar-refractivity contribution is 5.73. The van der Waals surface area contributed by atoms with Gasteiger partial charge in [-0.15, -0.1) is 0 Å². The van der Waals surface area contributed by atoms with E-state index in [1.54, 1.807) is 6.92 Å². The minimum atomic E-state index is 0.0349. The Bertz CT molecular complexity index is 185. The maximum atomic E-state index is 10.9. The van der Waals surface area contributed by atoms with Crippen molar-refractivity contribution in [3.63, 3.8) is 0 Å². The van der Waals surface area contributed by atoms with E-state index in [9.17, 15) is 4.79 Å². The number of hydrogen-bond acceptors (Lipinski definition) is 3. The number of aliphatic hydroxyl groups is 1. The maximum absolute atomic E-state index is 10.9. The lowest BCUT2D eigenvalue weighted by Gasteiger charge is -2.32. The van der Waals surface area contributed by atoms with Gasteiger partial charge in [0.15, 0.2) is 0 Å². The molecule has 0 unspecified atom stereocenters. The zero-order valence-electron chi connectivity index (χ0n) is 8.75. The third-order valence-electron chi connectivity index (χ3n) is 2.67. The van der Waals surface area contributed by atoms with Gasteiger partial charge in [0, 0.05) is 25.6 Å². The van der Waals surface area contributed by atoms with Crippen LogP contribution in [0.3, 0.4) is 0 Å². The number of rotatable bonds is 4. The van der Waals surface area contributed by atoms with E-state index in [1.807, 2.05) is 0 Å². The lowest BCUT2D eigenvalue weighted by molar-refractivity contribution is -0.120. The average molecular weight is 200 g/mol. The molecule has 0 heterocycles. The number of hydrogen-bond donors (Lipinski definition) is 3. The van der Waals surface area contributed by atoms with Crippen molar-refractivity contribution in [2.75, 3.05) is 13.2 Å². The molecule has 1 aliphatic rings. The lowest BCUT2D eigenvalue weighted by Crippen LogP contribution is -2.51. The average Bonchev–Trinajstić information content (AvgIpc) is 2.16. The van der Waals surface area contributed by atoms with E-state index in [-0.39, 0.29) is 18.6 Å². The minimum absolute atomic E-state index is 0.0349. The largest absolute Gasteiger partial charge is 0.395 e. The first-order chi connectivity index (χ1) is 6.74. The summed E-state index contributed by atoms with van der Waals surface area (Å²) in [7, 11) is 0. The molecule has 1 saturated carbocycles. The summed E-state index contributed by atoms with van der Waals surface area (Å²) in [6, 6.07) is 0.576. The molecule has 3 N–H and O–H groups in total. The van der Waals surface area contributed by atoms with Crippen LogP contribution in [0.15, 0.2) is 0 Å². The Balaban J connectivity index is 2.37.